The van der Waals surface area contributed by atoms with Crippen LogP contribution in [0.1, 0.15) is 29.8 Å². The van der Waals surface area contributed by atoms with E-state index in [2.05, 4.69) is 34.4 Å². The Bertz CT molecular complexity index is 624. The number of unbranched alkanes of at least 4 members (excludes halogenated alkanes) is 1. The molecule has 0 amide bonds. The van der Waals surface area contributed by atoms with E-state index in [1.165, 1.54) is 12.8 Å². The number of alkyl halides is 3. The van der Waals surface area contributed by atoms with Gasteiger partial charge in [-0.15, -0.1) is 0 Å². The van der Waals surface area contributed by atoms with Gasteiger partial charge >= 0.3 is 6.18 Å². The van der Waals surface area contributed by atoms with Crippen LogP contribution in [0.25, 0.3) is 0 Å². The van der Waals surface area contributed by atoms with Crippen LogP contribution < -0.4 is 0 Å². The predicted octanol–water partition coefficient (Wildman–Crippen LogP) is 4.76. The molecule has 2 aromatic heterocycles. The molecule has 0 radical (unpaired) electrons. The SMILES string of the molecule is CCCCc1n[nH]c(=S)s1.FC(F)(F)c1n[nH]c(=S)s1. The molecule has 0 aromatic carbocycles. The lowest BCUT2D eigenvalue weighted by Crippen LogP contribution is -2.03. The molecule has 0 unspecified atom stereocenters. The molecule has 112 valence electrons. The van der Waals surface area contributed by atoms with Crippen molar-refractivity contribution in [2.24, 2.45) is 0 Å². The number of nitrogens with one attached hydrogen (secondary N) is 2. The zero-order chi connectivity index (χ0) is 15.2. The number of H-pyrrole nitrogens is 2. The van der Waals surface area contributed by atoms with Crippen molar-refractivity contribution in [1.82, 2.24) is 20.4 Å². The fraction of sp³-hybridized carbons (Fsp3) is 0.556. The Morgan fingerprint density at radius 2 is 1.70 bits per heavy atom. The smallest absolute Gasteiger partial charge is 0.258 e. The summed E-state index contributed by atoms with van der Waals surface area (Å²) in [6.07, 6.45) is -0.894. The fourth-order valence-electron chi connectivity index (χ4n) is 1.05. The zero-order valence-corrected chi connectivity index (χ0v) is 13.5. The van der Waals surface area contributed by atoms with Crippen molar-refractivity contribution in [3.05, 3.63) is 17.9 Å². The minimum Gasteiger partial charge on any atom is -0.258 e. The Morgan fingerprint density at radius 3 is 2.05 bits per heavy atom. The highest BCUT2D eigenvalue weighted by Crippen LogP contribution is 2.30. The van der Waals surface area contributed by atoms with Crippen LogP contribution in [0.3, 0.4) is 0 Å². The Labute approximate surface area is 131 Å². The van der Waals surface area contributed by atoms with E-state index in [9.17, 15) is 13.2 Å². The van der Waals surface area contributed by atoms with Crippen LogP contribution in [-0.4, -0.2) is 20.4 Å². The van der Waals surface area contributed by atoms with Gasteiger partial charge in [0, 0.05) is 6.42 Å². The largest absolute Gasteiger partial charge is 0.444 e. The minimum atomic E-state index is -4.38. The van der Waals surface area contributed by atoms with Gasteiger partial charge < -0.3 is 0 Å². The maximum Gasteiger partial charge on any atom is 0.444 e. The van der Waals surface area contributed by atoms with E-state index in [0.29, 0.717) is 11.3 Å². The van der Waals surface area contributed by atoms with Gasteiger partial charge in [0.25, 0.3) is 0 Å². The van der Waals surface area contributed by atoms with Crippen molar-refractivity contribution in [1.29, 1.82) is 0 Å². The standard InChI is InChI=1S/C6H10N2S2.C3HF3N2S2/c1-2-3-4-5-7-8-6(9)10-5;4-3(5,6)1-7-8-2(9)10-1/h2-4H2,1H3,(H,8,9);(H,8,9). The first-order chi connectivity index (χ1) is 9.32. The number of rotatable bonds is 3. The van der Waals surface area contributed by atoms with E-state index in [0.717, 1.165) is 15.4 Å². The quantitative estimate of drug-likeness (QED) is 0.775. The highest BCUT2D eigenvalue weighted by Gasteiger charge is 2.34. The normalized spacial score (nSPS) is 11.0. The molecule has 0 saturated heterocycles. The van der Waals surface area contributed by atoms with Crippen molar-refractivity contribution in [2.75, 3.05) is 0 Å². The summed E-state index contributed by atoms with van der Waals surface area (Å²) in [5.74, 6) is 0. The van der Waals surface area contributed by atoms with Gasteiger partial charge in [-0.05, 0) is 30.9 Å². The second kappa shape index (κ2) is 7.96. The predicted molar refractivity (Wildman–Crippen MR) is 78.2 cm³/mol. The van der Waals surface area contributed by atoms with E-state index in [1.54, 1.807) is 11.3 Å². The lowest BCUT2D eigenvalue weighted by atomic mass is 10.3. The van der Waals surface area contributed by atoms with Gasteiger partial charge in [0.15, 0.2) is 7.91 Å². The van der Waals surface area contributed by atoms with Gasteiger partial charge in [0.1, 0.15) is 5.01 Å². The molecule has 0 aliphatic rings. The average molecular weight is 360 g/mol. The Hall–Kier alpha value is -0.650. The molecule has 2 rings (SSSR count). The van der Waals surface area contributed by atoms with E-state index in [4.69, 9.17) is 12.2 Å². The summed E-state index contributed by atoms with van der Waals surface area (Å²) >= 11 is 11.3. The fourth-order valence-corrected chi connectivity index (χ4v) is 2.78. The topological polar surface area (TPSA) is 57.4 Å². The van der Waals surface area contributed by atoms with Crippen molar-refractivity contribution in [3.63, 3.8) is 0 Å². The Balaban J connectivity index is 0.000000200. The number of halogens is 3. The van der Waals surface area contributed by atoms with Gasteiger partial charge in [0.2, 0.25) is 5.01 Å². The van der Waals surface area contributed by atoms with Gasteiger partial charge in [-0.25, -0.2) is 0 Å². The third-order valence-electron chi connectivity index (χ3n) is 1.91. The maximum atomic E-state index is 11.7. The molecule has 0 saturated carbocycles. The molecular weight excluding hydrogens is 349 g/mol. The number of nitrogens with zero attached hydrogens (tertiary/aromatic N) is 2. The molecule has 0 aliphatic carbocycles. The molecule has 0 spiro atoms. The van der Waals surface area contributed by atoms with Crippen LogP contribution in [-0.2, 0) is 12.6 Å². The van der Waals surface area contributed by atoms with Crippen molar-refractivity contribution in [3.8, 4) is 0 Å². The number of aryl methyl sites for hydroxylation is 1. The number of aromatic nitrogens is 4. The molecule has 0 bridgehead atoms. The number of hydrogen-bond acceptors (Lipinski definition) is 6. The second-order valence-corrected chi connectivity index (χ2v) is 6.94. The van der Waals surface area contributed by atoms with E-state index >= 15 is 0 Å². The maximum absolute atomic E-state index is 11.7. The summed E-state index contributed by atoms with van der Waals surface area (Å²) < 4.78 is 35.9. The molecule has 20 heavy (non-hydrogen) atoms. The number of aromatic amines is 2. The monoisotopic (exact) mass is 360 g/mol. The summed E-state index contributed by atoms with van der Waals surface area (Å²) in [5.41, 5.74) is 0. The van der Waals surface area contributed by atoms with Crippen molar-refractivity contribution >= 4 is 47.1 Å². The van der Waals surface area contributed by atoms with Gasteiger partial charge in [-0.3, -0.25) is 10.2 Å². The van der Waals surface area contributed by atoms with Crippen LogP contribution in [0.15, 0.2) is 0 Å². The highest BCUT2D eigenvalue weighted by molar-refractivity contribution is 7.73. The van der Waals surface area contributed by atoms with Gasteiger partial charge in [-0.1, -0.05) is 36.0 Å². The Kier molecular flexibility index (Phi) is 6.92. The molecule has 4 nitrogen and oxygen atoms in total. The van der Waals surface area contributed by atoms with E-state index < -0.39 is 11.2 Å². The first-order valence-corrected chi connectivity index (χ1v) is 7.95. The summed E-state index contributed by atoms with van der Waals surface area (Å²) in [7, 11) is 0. The van der Waals surface area contributed by atoms with E-state index in [-0.39, 0.29) is 3.95 Å². The molecule has 11 heteroatoms. The third-order valence-corrected chi connectivity index (χ3v) is 4.19. The summed E-state index contributed by atoms with van der Waals surface area (Å²) in [4.78, 5) is 0. The van der Waals surface area contributed by atoms with Crippen LogP contribution >= 0.6 is 47.1 Å². The zero-order valence-electron chi connectivity index (χ0n) is 10.3. The van der Waals surface area contributed by atoms with Crippen molar-refractivity contribution in [2.45, 2.75) is 32.4 Å². The lowest BCUT2D eigenvalue weighted by Gasteiger charge is -1.96. The highest BCUT2D eigenvalue weighted by atomic mass is 32.2. The van der Waals surface area contributed by atoms with Crippen LogP contribution in [0.2, 0.25) is 0 Å². The second-order valence-electron chi connectivity index (χ2n) is 3.53. The van der Waals surface area contributed by atoms with Crippen LogP contribution in [0, 0.1) is 7.91 Å². The first-order valence-electron chi connectivity index (χ1n) is 5.50. The first kappa shape index (κ1) is 17.4. The molecular formula is C9H11F3N4S4. The van der Waals surface area contributed by atoms with Crippen molar-refractivity contribution < 1.29 is 13.2 Å². The van der Waals surface area contributed by atoms with Gasteiger partial charge in [0.05, 0.1) is 0 Å². The third kappa shape index (κ3) is 6.20. The van der Waals surface area contributed by atoms with Gasteiger partial charge in [-0.2, -0.15) is 23.4 Å². The summed E-state index contributed by atoms with van der Waals surface area (Å²) in [6.45, 7) is 2.17. The molecule has 0 atom stereocenters. The average Bonchev–Trinajstić information content (AvgIpc) is 2.96. The lowest BCUT2D eigenvalue weighted by molar-refractivity contribution is -0.138. The molecule has 0 aliphatic heterocycles. The van der Waals surface area contributed by atoms with Crippen LogP contribution in [0.4, 0.5) is 13.2 Å². The number of hydrogen-bond donors (Lipinski definition) is 2. The molecule has 0 fully saturated rings. The molecule has 2 aromatic rings. The van der Waals surface area contributed by atoms with Crippen LogP contribution in [0.5, 0.6) is 0 Å². The summed E-state index contributed by atoms with van der Waals surface area (Å²) in [5, 5.41) is 12.0. The molecule has 2 heterocycles. The summed E-state index contributed by atoms with van der Waals surface area (Å²) in [6, 6.07) is 0. The molecule has 2 N–H and O–H groups in total. The van der Waals surface area contributed by atoms with E-state index in [1.807, 2.05) is 5.10 Å². The Morgan fingerprint density at radius 1 is 1.10 bits per heavy atom. The minimum absolute atomic E-state index is 0.0346.